The summed E-state index contributed by atoms with van der Waals surface area (Å²) in [5.41, 5.74) is -0.258. The van der Waals surface area contributed by atoms with E-state index in [1.807, 2.05) is 12.1 Å². The van der Waals surface area contributed by atoms with E-state index in [-0.39, 0.29) is 23.8 Å². The molecule has 3 rings (SSSR count). The van der Waals surface area contributed by atoms with Gasteiger partial charge < -0.3 is 10.6 Å². The van der Waals surface area contributed by atoms with E-state index in [9.17, 15) is 14.4 Å². The number of carbonyl (C=O) groups is 3. The third kappa shape index (κ3) is 3.87. The van der Waals surface area contributed by atoms with Crippen molar-refractivity contribution in [3.05, 3.63) is 27.8 Å². The molecule has 1 spiro atoms. The number of imide groups is 1. The summed E-state index contributed by atoms with van der Waals surface area (Å²) in [5, 5.41) is 5.63. The van der Waals surface area contributed by atoms with Crippen molar-refractivity contribution in [2.75, 3.05) is 11.9 Å². The molecule has 140 valence electrons. The highest BCUT2D eigenvalue weighted by Gasteiger charge is 2.56. The van der Waals surface area contributed by atoms with Gasteiger partial charge in [-0.1, -0.05) is 20.8 Å². The molecule has 6 nitrogen and oxygen atoms in total. The lowest BCUT2D eigenvalue weighted by atomic mass is 9.64. The van der Waals surface area contributed by atoms with Crippen molar-refractivity contribution >= 4 is 46.1 Å². The molecular weight excluding hydrogens is 445 g/mol. The van der Waals surface area contributed by atoms with E-state index in [0.29, 0.717) is 24.4 Å². The molecule has 2 aliphatic rings. The fraction of sp³-hybridized carbons (Fsp3) is 0.526. The van der Waals surface area contributed by atoms with Crippen molar-refractivity contribution in [1.29, 1.82) is 0 Å². The fourth-order valence-electron chi connectivity index (χ4n) is 4.53. The van der Waals surface area contributed by atoms with E-state index >= 15 is 0 Å². The van der Waals surface area contributed by atoms with Crippen LogP contribution in [-0.2, 0) is 9.59 Å². The fourth-order valence-corrected chi connectivity index (χ4v) is 4.89. The Balaban J connectivity index is 1.71. The van der Waals surface area contributed by atoms with Crippen LogP contribution in [0.5, 0.6) is 0 Å². The minimum atomic E-state index is -0.874. The summed E-state index contributed by atoms with van der Waals surface area (Å²) in [5.74, 6) is -0.321. The maximum absolute atomic E-state index is 13.0. The smallest absolute Gasteiger partial charge is 0.325 e. The van der Waals surface area contributed by atoms with Crippen LogP contribution in [0.1, 0.15) is 40.0 Å². The molecule has 1 aliphatic carbocycles. The molecule has 1 heterocycles. The van der Waals surface area contributed by atoms with Gasteiger partial charge in [-0.15, -0.1) is 0 Å². The molecule has 2 fully saturated rings. The summed E-state index contributed by atoms with van der Waals surface area (Å²) >= 11 is 2.18. The van der Waals surface area contributed by atoms with Crippen molar-refractivity contribution in [2.45, 2.75) is 45.6 Å². The lowest BCUT2D eigenvalue weighted by Crippen LogP contribution is -2.54. The first kappa shape index (κ1) is 19.1. The molecular formula is C19H24IN3O3. The van der Waals surface area contributed by atoms with Gasteiger partial charge in [-0.2, -0.15) is 0 Å². The molecule has 1 aliphatic heterocycles. The Hall–Kier alpha value is -1.64. The quantitative estimate of drug-likeness (QED) is 0.527. The number of benzene rings is 1. The number of anilines is 1. The molecule has 26 heavy (non-hydrogen) atoms. The van der Waals surface area contributed by atoms with Crippen LogP contribution >= 0.6 is 22.6 Å². The molecule has 7 heteroatoms. The second-order valence-corrected chi connectivity index (χ2v) is 9.56. The molecule has 1 saturated heterocycles. The third-order valence-corrected chi connectivity index (χ3v) is 5.77. The predicted octanol–water partition coefficient (Wildman–Crippen LogP) is 3.37. The highest BCUT2D eigenvalue weighted by atomic mass is 127. The van der Waals surface area contributed by atoms with E-state index in [0.717, 1.165) is 14.9 Å². The minimum absolute atomic E-state index is 0.0277. The molecule has 4 amide bonds. The van der Waals surface area contributed by atoms with Crippen molar-refractivity contribution in [3.63, 3.8) is 0 Å². The number of rotatable bonds is 3. The van der Waals surface area contributed by atoms with Crippen LogP contribution in [0.3, 0.4) is 0 Å². The highest BCUT2D eigenvalue weighted by molar-refractivity contribution is 14.1. The number of nitrogens with zero attached hydrogens (tertiary/aromatic N) is 1. The Morgan fingerprint density at radius 1 is 1.27 bits per heavy atom. The average molecular weight is 469 g/mol. The lowest BCUT2D eigenvalue weighted by Gasteiger charge is -2.43. The second kappa shape index (κ2) is 6.83. The number of nitrogens with one attached hydrogen (secondary N) is 2. The van der Waals surface area contributed by atoms with Gasteiger partial charge in [0.05, 0.1) is 0 Å². The zero-order chi connectivity index (χ0) is 19.1. The maximum atomic E-state index is 13.0. The van der Waals surface area contributed by atoms with E-state index in [1.54, 1.807) is 12.1 Å². The normalized spacial score (nSPS) is 27.5. The van der Waals surface area contributed by atoms with Gasteiger partial charge in [-0.3, -0.25) is 14.5 Å². The van der Waals surface area contributed by atoms with E-state index in [4.69, 9.17) is 0 Å². The van der Waals surface area contributed by atoms with Crippen molar-refractivity contribution < 1.29 is 14.4 Å². The van der Waals surface area contributed by atoms with Gasteiger partial charge in [0.25, 0.3) is 5.91 Å². The van der Waals surface area contributed by atoms with Gasteiger partial charge in [0.1, 0.15) is 12.1 Å². The number of urea groups is 1. The number of hydrogen-bond acceptors (Lipinski definition) is 3. The van der Waals surface area contributed by atoms with Gasteiger partial charge in [0.15, 0.2) is 0 Å². The SMILES string of the molecule is CC1CC(C)(C)CC2(C1)NC(=O)N(CC(=O)Nc1ccc(I)cc1)C2=O. The average Bonchev–Trinajstić information content (AvgIpc) is 2.71. The summed E-state index contributed by atoms with van der Waals surface area (Å²) in [6, 6.07) is 6.86. The number of carbonyl (C=O) groups excluding carboxylic acids is 3. The summed E-state index contributed by atoms with van der Waals surface area (Å²) < 4.78 is 1.06. The highest BCUT2D eigenvalue weighted by Crippen LogP contribution is 2.46. The van der Waals surface area contributed by atoms with Crippen LogP contribution in [0.4, 0.5) is 10.5 Å². The Kier molecular flexibility index (Phi) is 5.02. The molecule has 0 aromatic heterocycles. The first-order valence-corrected chi connectivity index (χ1v) is 9.88. The van der Waals surface area contributed by atoms with Crippen LogP contribution in [0.2, 0.25) is 0 Å². The third-order valence-electron chi connectivity index (χ3n) is 5.05. The second-order valence-electron chi connectivity index (χ2n) is 8.31. The van der Waals surface area contributed by atoms with Gasteiger partial charge in [0.2, 0.25) is 5.91 Å². The van der Waals surface area contributed by atoms with Crippen LogP contribution < -0.4 is 10.6 Å². The van der Waals surface area contributed by atoms with E-state index in [2.05, 4.69) is 54.0 Å². The van der Waals surface area contributed by atoms with Crippen LogP contribution in [0.15, 0.2) is 24.3 Å². The van der Waals surface area contributed by atoms with Gasteiger partial charge in [-0.25, -0.2) is 4.79 Å². The van der Waals surface area contributed by atoms with Crippen molar-refractivity contribution in [1.82, 2.24) is 10.2 Å². The summed E-state index contributed by atoms with van der Waals surface area (Å²) in [6.07, 6.45) is 2.24. The first-order chi connectivity index (χ1) is 12.1. The summed E-state index contributed by atoms with van der Waals surface area (Å²) in [6.45, 7) is 6.08. The molecule has 2 N–H and O–H groups in total. The molecule has 1 saturated carbocycles. The molecule has 0 bridgehead atoms. The summed E-state index contributed by atoms with van der Waals surface area (Å²) in [4.78, 5) is 38.8. The van der Waals surface area contributed by atoms with Gasteiger partial charge in [0, 0.05) is 9.26 Å². The Morgan fingerprint density at radius 2 is 1.92 bits per heavy atom. The van der Waals surface area contributed by atoms with E-state index in [1.165, 1.54) is 0 Å². The monoisotopic (exact) mass is 469 g/mol. The number of amides is 4. The lowest BCUT2D eigenvalue weighted by molar-refractivity contribution is -0.136. The zero-order valence-electron chi connectivity index (χ0n) is 15.3. The standard InChI is InChI=1S/C19H24IN3O3/c1-12-8-18(2,3)11-19(9-12)16(25)23(17(26)22-19)10-15(24)21-14-6-4-13(20)5-7-14/h4-7,12H,8-11H2,1-3H3,(H,21,24)(H,22,26). The predicted molar refractivity (Wildman–Crippen MR) is 108 cm³/mol. The molecule has 1 aromatic carbocycles. The van der Waals surface area contributed by atoms with Crippen molar-refractivity contribution in [2.24, 2.45) is 11.3 Å². The summed E-state index contributed by atoms with van der Waals surface area (Å²) in [7, 11) is 0. The minimum Gasteiger partial charge on any atom is -0.325 e. The van der Waals surface area contributed by atoms with Crippen LogP contribution in [0.25, 0.3) is 0 Å². The molecule has 0 radical (unpaired) electrons. The van der Waals surface area contributed by atoms with Crippen LogP contribution in [-0.4, -0.2) is 34.8 Å². The Labute approximate surface area is 167 Å². The molecule has 2 atom stereocenters. The van der Waals surface area contributed by atoms with Crippen LogP contribution in [0, 0.1) is 14.9 Å². The van der Waals surface area contributed by atoms with E-state index < -0.39 is 11.6 Å². The van der Waals surface area contributed by atoms with Crippen molar-refractivity contribution in [3.8, 4) is 0 Å². The molecule has 1 aromatic rings. The Bertz CT molecular complexity index is 747. The first-order valence-electron chi connectivity index (χ1n) is 8.80. The number of hydrogen-bond donors (Lipinski definition) is 2. The maximum Gasteiger partial charge on any atom is 0.325 e. The Morgan fingerprint density at radius 3 is 2.54 bits per heavy atom. The molecule has 2 unspecified atom stereocenters. The van der Waals surface area contributed by atoms with Gasteiger partial charge >= 0.3 is 6.03 Å². The van der Waals surface area contributed by atoms with Gasteiger partial charge in [-0.05, 0) is 77.5 Å². The largest absolute Gasteiger partial charge is 0.325 e. The number of halogens is 1. The topological polar surface area (TPSA) is 78.5 Å². The zero-order valence-corrected chi connectivity index (χ0v) is 17.4.